The first kappa shape index (κ1) is 18.9. The highest BCUT2D eigenvalue weighted by Gasteiger charge is 2.00. The van der Waals surface area contributed by atoms with E-state index in [9.17, 15) is 9.59 Å². The Morgan fingerprint density at radius 3 is 1.25 bits per heavy atom. The third kappa shape index (κ3) is 6.11. The lowest BCUT2D eigenvalue weighted by Gasteiger charge is -2.00. The zero-order chi connectivity index (χ0) is 19.6. The number of ether oxygens (including phenoxy) is 2. The van der Waals surface area contributed by atoms with Crippen LogP contribution >= 0.6 is 0 Å². The topological polar surface area (TPSA) is 52.6 Å². The van der Waals surface area contributed by atoms with Gasteiger partial charge in [-0.25, -0.2) is 9.59 Å². The number of carbonyl (C=O) groups is 2. The second-order valence-electron chi connectivity index (χ2n) is 5.80. The first-order valence-corrected chi connectivity index (χ1v) is 8.69. The molecule has 0 aliphatic heterocycles. The molecule has 4 nitrogen and oxygen atoms in total. The van der Waals surface area contributed by atoms with Gasteiger partial charge in [0.25, 0.3) is 0 Å². The molecule has 0 aromatic heterocycles. The van der Waals surface area contributed by atoms with Gasteiger partial charge in [0, 0.05) is 12.2 Å². The molecule has 0 bridgehead atoms. The minimum Gasteiger partial charge on any atom is -0.423 e. The molecule has 0 saturated carbocycles. The van der Waals surface area contributed by atoms with E-state index in [1.807, 2.05) is 36.4 Å². The largest absolute Gasteiger partial charge is 0.423 e. The van der Waals surface area contributed by atoms with Gasteiger partial charge in [-0.15, -0.1) is 0 Å². The monoisotopic (exact) mass is 370 g/mol. The van der Waals surface area contributed by atoms with Crippen molar-refractivity contribution in [2.24, 2.45) is 0 Å². The predicted molar refractivity (Wildman–Crippen MR) is 109 cm³/mol. The fourth-order valence-electron chi connectivity index (χ4n) is 2.32. The highest BCUT2D eigenvalue weighted by molar-refractivity contribution is 5.89. The van der Waals surface area contributed by atoms with Gasteiger partial charge >= 0.3 is 11.9 Å². The van der Waals surface area contributed by atoms with Crippen molar-refractivity contribution in [2.75, 3.05) is 0 Å². The molecule has 0 saturated heterocycles. The summed E-state index contributed by atoms with van der Waals surface area (Å²) in [6.07, 6.45) is 6.08. The van der Waals surface area contributed by atoms with E-state index in [4.69, 9.17) is 9.47 Å². The molecule has 138 valence electrons. The van der Waals surface area contributed by atoms with E-state index in [1.54, 1.807) is 60.7 Å². The molecule has 0 N–H and O–H groups in total. The maximum atomic E-state index is 11.8. The van der Waals surface area contributed by atoms with Gasteiger partial charge in [-0.1, -0.05) is 60.7 Å². The molecule has 0 radical (unpaired) electrons. The zero-order valence-electron chi connectivity index (χ0n) is 15.0. The standard InChI is InChI=1S/C24H18O4/c25-23(27-21-7-3-1-4-8-21)17-15-19-11-13-20(14-12-19)16-18-24(26)28-22-9-5-2-6-10-22/h1-18H. The minimum absolute atomic E-state index is 0.446. The summed E-state index contributed by atoms with van der Waals surface area (Å²) in [5.74, 6) is 0.109. The lowest BCUT2D eigenvalue weighted by atomic mass is 10.1. The molecule has 3 aromatic rings. The van der Waals surface area contributed by atoms with Crippen molar-refractivity contribution in [1.29, 1.82) is 0 Å². The highest BCUT2D eigenvalue weighted by Crippen LogP contribution is 2.12. The molecule has 0 aliphatic rings. The second kappa shape index (κ2) is 9.69. The average Bonchev–Trinajstić information content (AvgIpc) is 2.73. The van der Waals surface area contributed by atoms with Gasteiger partial charge in [0.1, 0.15) is 11.5 Å². The summed E-state index contributed by atoms with van der Waals surface area (Å²) >= 11 is 0. The molecule has 3 rings (SSSR count). The van der Waals surface area contributed by atoms with Crippen LogP contribution in [0.3, 0.4) is 0 Å². The average molecular weight is 370 g/mol. The van der Waals surface area contributed by atoms with Crippen LogP contribution in [0.15, 0.2) is 97.1 Å². The minimum atomic E-state index is -0.446. The highest BCUT2D eigenvalue weighted by atomic mass is 16.5. The van der Waals surface area contributed by atoms with Crippen molar-refractivity contribution >= 4 is 24.1 Å². The number of hydrogen-bond acceptors (Lipinski definition) is 4. The fraction of sp³-hybridized carbons (Fsp3) is 0. The van der Waals surface area contributed by atoms with Gasteiger partial charge in [0.05, 0.1) is 0 Å². The van der Waals surface area contributed by atoms with E-state index in [1.165, 1.54) is 12.2 Å². The van der Waals surface area contributed by atoms with Crippen molar-refractivity contribution in [2.45, 2.75) is 0 Å². The summed E-state index contributed by atoms with van der Waals surface area (Å²) in [5.41, 5.74) is 1.68. The smallest absolute Gasteiger partial charge is 0.336 e. The lowest BCUT2D eigenvalue weighted by Crippen LogP contribution is -2.03. The van der Waals surface area contributed by atoms with Crippen LogP contribution in [0, 0.1) is 0 Å². The van der Waals surface area contributed by atoms with Crippen molar-refractivity contribution < 1.29 is 19.1 Å². The van der Waals surface area contributed by atoms with E-state index in [-0.39, 0.29) is 0 Å². The Labute approximate surface area is 163 Å². The first-order chi connectivity index (χ1) is 13.7. The lowest BCUT2D eigenvalue weighted by molar-refractivity contribution is -0.129. The van der Waals surface area contributed by atoms with Crippen LogP contribution in [0.25, 0.3) is 12.2 Å². The number of rotatable bonds is 6. The third-order valence-electron chi connectivity index (χ3n) is 3.68. The molecule has 0 amide bonds. The summed E-state index contributed by atoms with van der Waals surface area (Å²) in [6.45, 7) is 0. The molecular weight excluding hydrogens is 352 g/mol. The van der Waals surface area contributed by atoms with Crippen molar-refractivity contribution in [3.8, 4) is 11.5 Å². The summed E-state index contributed by atoms with van der Waals surface area (Å²) in [6, 6.07) is 25.1. The van der Waals surface area contributed by atoms with E-state index in [0.29, 0.717) is 11.5 Å². The Morgan fingerprint density at radius 2 is 0.893 bits per heavy atom. The Balaban J connectivity index is 1.53. The molecule has 0 atom stereocenters. The van der Waals surface area contributed by atoms with Crippen LogP contribution in [-0.4, -0.2) is 11.9 Å². The molecule has 4 heteroatoms. The quantitative estimate of drug-likeness (QED) is 0.351. The van der Waals surface area contributed by atoms with Crippen molar-refractivity contribution in [1.82, 2.24) is 0 Å². The molecule has 3 aromatic carbocycles. The van der Waals surface area contributed by atoms with Crippen LogP contribution < -0.4 is 9.47 Å². The summed E-state index contributed by atoms with van der Waals surface area (Å²) in [4.78, 5) is 23.6. The molecular formula is C24H18O4. The number of carbonyl (C=O) groups excluding carboxylic acids is 2. The van der Waals surface area contributed by atoms with Gasteiger partial charge < -0.3 is 9.47 Å². The van der Waals surface area contributed by atoms with Crippen molar-refractivity contribution in [3.05, 3.63) is 108 Å². The van der Waals surface area contributed by atoms with E-state index in [2.05, 4.69) is 0 Å². The van der Waals surface area contributed by atoms with Gasteiger partial charge in [-0.2, -0.15) is 0 Å². The maximum Gasteiger partial charge on any atom is 0.336 e. The number of hydrogen-bond donors (Lipinski definition) is 0. The van der Waals surface area contributed by atoms with Crippen LogP contribution in [0.5, 0.6) is 11.5 Å². The van der Waals surface area contributed by atoms with Gasteiger partial charge in [-0.3, -0.25) is 0 Å². The second-order valence-corrected chi connectivity index (χ2v) is 5.80. The zero-order valence-corrected chi connectivity index (χ0v) is 15.0. The predicted octanol–water partition coefficient (Wildman–Crippen LogP) is 4.92. The van der Waals surface area contributed by atoms with Gasteiger partial charge in [-0.05, 0) is 47.5 Å². The SMILES string of the molecule is O=C(C=Cc1ccc(C=CC(=O)Oc2ccccc2)cc1)Oc1ccccc1. The summed E-state index contributed by atoms with van der Waals surface area (Å²) < 4.78 is 10.4. The first-order valence-electron chi connectivity index (χ1n) is 8.69. The molecule has 28 heavy (non-hydrogen) atoms. The van der Waals surface area contributed by atoms with E-state index >= 15 is 0 Å². The molecule has 0 fully saturated rings. The Bertz CT molecular complexity index is 890. The summed E-state index contributed by atoms with van der Waals surface area (Å²) in [5, 5.41) is 0. The van der Waals surface area contributed by atoms with Crippen LogP contribution in [0.2, 0.25) is 0 Å². The van der Waals surface area contributed by atoms with E-state index in [0.717, 1.165) is 11.1 Å². The van der Waals surface area contributed by atoms with E-state index < -0.39 is 11.9 Å². The molecule has 0 unspecified atom stereocenters. The van der Waals surface area contributed by atoms with Crippen LogP contribution in [0.1, 0.15) is 11.1 Å². The maximum absolute atomic E-state index is 11.8. The fourth-order valence-corrected chi connectivity index (χ4v) is 2.32. The number of para-hydroxylation sites is 2. The normalized spacial score (nSPS) is 10.9. The van der Waals surface area contributed by atoms with Crippen LogP contribution in [0.4, 0.5) is 0 Å². The van der Waals surface area contributed by atoms with Crippen LogP contribution in [-0.2, 0) is 9.59 Å². The third-order valence-corrected chi connectivity index (χ3v) is 3.68. The van der Waals surface area contributed by atoms with Crippen molar-refractivity contribution in [3.63, 3.8) is 0 Å². The molecule has 0 heterocycles. The van der Waals surface area contributed by atoms with Gasteiger partial charge in [0.15, 0.2) is 0 Å². The Hall–Kier alpha value is -3.92. The Morgan fingerprint density at radius 1 is 0.536 bits per heavy atom. The Kier molecular flexibility index (Phi) is 6.53. The summed E-state index contributed by atoms with van der Waals surface area (Å²) in [7, 11) is 0. The molecule has 0 spiro atoms. The number of benzene rings is 3. The van der Waals surface area contributed by atoms with Gasteiger partial charge in [0.2, 0.25) is 0 Å². The molecule has 0 aliphatic carbocycles. The number of esters is 2.